The van der Waals surface area contributed by atoms with Crippen molar-refractivity contribution in [2.75, 3.05) is 37.0 Å². The minimum absolute atomic E-state index is 0.317. The van der Waals surface area contributed by atoms with Crippen LogP contribution in [0.4, 0.5) is 17.6 Å². The van der Waals surface area contributed by atoms with Gasteiger partial charge >= 0.3 is 6.01 Å². The Hall–Kier alpha value is -4.33. The number of nitrogens with zero attached hydrogens (tertiary/aromatic N) is 4. The predicted octanol–water partition coefficient (Wildman–Crippen LogP) is 6.44. The highest BCUT2D eigenvalue weighted by Crippen LogP contribution is 2.31. The highest BCUT2D eigenvalue weighted by Gasteiger charge is 2.17. The van der Waals surface area contributed by atoms with Crippen LogP contribution in [0.1, 0.15) is 30.4 Å². The molecule has 0 aliphatic carbocycles. The van der Waals surface area contributed by atoms with Gasteiger partial charge in [-0.3, -0.25) is 0 Å². The fourth-order valence-corrected chi connectivity index (χ4v) is 4.91. The Balaban J connectivity index is 1.25. The number of furan rings is 1. The van der Waals surface area contributed by atoms with Crippen molar-refractivity contribution in [1.82, 2.24) is 15.0 Å². The van der Waals surface area contributed by atoms with Crippen LogP contribution in [0.2, 0.25) is 0 Å². The summed E-state index contributed by atoms with van der Waals surface area (Å²) in [5.74, 6) is 1.98. The highest BCUT2D eigenvalue weighted by atomic mass is 16.5. The number of para-hydroxylation sites is 1. The molecule has 194 valence electrons. The molecule has 8 heteroatoms. The summed E-state index contributed by atoms with van der Waals surface area (Å²) in [5, 5.41) is 5.49. The number of aryl methyl sites for hydroxylation is 1. The Kier molecular flexibility index (Phi) is 6.69. The molecular formula is C30H31N5O3. The molecule has 0 bridgehead atoms. The molecule has 2 aromatic heterocycles. The number of benzene rings is 3. The third-order valence-corrected chi connectivity index (χ3v) is 6.97. The number of ether oxygens (including phenoxy) is 2. The van der Waals surface area contributed by atoms with Crippen LogP contribution in [0.3, 0.4) is 0 Å². The molecule has 5 aromatic rings. The van der Waals surface area contributed by atoms with Gasteiger partial charge in [0, 0.05) is 36.0 Å². The molecule has 0 atom stereocenters. The molecule has 8 nitrogen and oxygen atoms in total. The lowest BCUT2D eigenvalue weighted by Crippen LogP contribution is -2.31. The minimum Gasteiger partial charge on any atom is -0.496 e. The van der Waals surface area contributed by atoms with E-state index in [1.165, 1.54) is 6.42 Å². The lowest BCUT2D eigenvalue weighted by molar-refractivity contribution is 0.295. The topological polar surface area (TPSA) is 85.5 Å². The van der Waals surface area contributed by atoms with Crippen LogP contribution in [0, 0.1) is 6.92 Å². The third-order valence-electron chi connectivity index (χ3n) is 6.97. The number of fused-ring (bicyclic) bond motifs is 3. The van der Waals surface area contributed by atoms with Crippen LogP contribution in [0.15, 0.2) is 65.1 Å². The molecule has 0 saturated carbocycles. The molecule has 1 aliphatic rings. The summed E-state index contributed by atoms with van der Waals surface area (Å²) >= 11 is 0. The normalized spacial score (nSPS) is 13.7. The van der Waals surface area contributed by atoms with Crippen LogP contribution >= 0.6 is 0 Å². The standard InChI is InChI=1S/C30H31N5O3/c1-20-10-11-21(18-27(20)36-2)14-17-37-30-33-28(32-29(34-30)35-15-6-3-7-16-35)31-22-12-13-26-24(19-22)23-8-4-5-9-25(23)38-26/h4-5,8-13,18-19H,3,6-7,14-17H2,1-2H3,(H,31,32,33,34). The first-order valence-corrected chi connectivity index (χ1v) is 13.1. The molecule has 0 radical (unpaired) electrons. The average molecular weight is 510 g/mol. The number of anilines is 3. The van der Waals surface area contributed by atoms with E-state index in [2.05, 4.69) is 44.5 Å². The van der Waals surface area contributed by atoms with Gasteiger partial charge in [0.25, 0.3) is 0 Å². The Morgan fingerprint density at radius 2 is 1.74 bits per heavy atom. The number of methoxy groups -OCH3 is 1. The van der Waals surface area contributed by atoms with Crippen molar-refractivity contribution in [3.05, 3.63) is 71.8 Å². The van der Waals surface area contributed by atoms with Gasteiger partial charge in [-0.05, 0) is 67.6 Å². The summed E-state index contributed by atoms with van der Waals surface area (Å²) in [5.41, 5.74) is 4.83. The molecular weight excluding hydrogens is 478 g/mol. The summed E-state index contributed by atoms with van der Waals surface area (Å²) in [6.45, 7) is 4.34. The van der Waals surface area contributed by atoms with E-state index in [1.54, 1.807) is 7.11 Å². The number of hydrogen-bond donors (Lipinski definition) is 1. The Bertz CT molecular complexity index is 1580. The monoisotopic (exact) mass is 509 g/mol. The van der Waals surface area contributed by atoms with Crippen molar-refractivity contribution in [2.45, 2.75) is 32.6 Å². The van der Waals surface area contributed by atoms with E-state index in [9.17, 15) is 0 Å². The number of piperidine rings is 1. The quantitative estimate of drug-likeness (QED) is 0.256. The molecule has 1 N–H and O–H groups in total. The summed E-state index contributed by atoms with van der Waals surface area (Å²) in [6, 6.07) is 20.6. The van der Waals surface area contributed by atoms with E-state index in [0.29, 0.717) is 30.9 Å². The second-order valence-corrected chi connectivity index (χ2v) is 9.63. The van der Waals surface area contributed by atoms with Crippen LogP contribution < -0.4 is 19.7 Å². The van der Waals surface area contributed by atoms with E-state index < -0.39 is 0 Å². The second kappa shape index (κ2) is 10.6. The number of hydrogen-bond acceptors (Lipinski definition) is 8. The van der Waals surface area contributed by atoms with Crippen molar-refractivity contribution in [2.24, 2.45) is 0 Å². The summed E-state index contributed by atoms with van der Waals surface area (Å²) in [6.07, 6.45) is 4.21. The summed E-state index contributed by atoms with van der Waals surface area (Å²) in [4.78, 5) is 16.2. The van der Waals surface area contributed by atoms with Crippen molar-refractivity contribution in [3.63, 3.8) is 0 Å². The molecule has 6 rings (SSSR count). The van der Waals surface area contributed by atoms with Gasteiger partial charge < -0.3 is 24.1 Å². The number of aromatic nitrogens is 3. The van der Waals surface area contributed by atoms with Crippen molar-refractivity contribution >= 4 is 39.5 Å². The first-order chi connectivity index (χ1) is 18.7. The summed E-state index contributed by atoms with van der Waals surface area (Å²) in [7, 11) is 1.69. The highest BCUT2D eigenvalue weighted by molar-refractivity contribution is 6.06. The van der Waals surface area contributed by atoms with Crippen LogP contribution in [0.25, 0.3) is 21.9 Å². The van der Waals surface area contributed by atoms with E-state index >= 15 is 0 Å². The molecule has 38 heavy (non-hydrogen) atoms. The zero-order chi connectivity index (χ0) is 25.9. The van der Waals surface area contributed by atoms with E-state index in [4.69, 9.17) is 18.9 Å². The van der Waals surface area contributed by atoms with Gasteiger partial charge in [0.2, 0.25) is 11.9 Å². The van der Waals surface area contributed by atoms with Gasteiger partial charge in [-0.15, -0.1) is 0 Å². The largest absolute Gasteiger partial charge is 0.496 e. The number of rotatable bonds is 8. The Morgan fingerprint density at radius 3 is 2.61 bits per heavy atom. The first kappa shape index (κ1) is 24.0. The average Bonchev–Trinajstić information content (AvgIpc) is 3.32. The molecule has 1 fully saturated rings. The molecule has 1 saturated heterocycles. The van der Waals surface area contributed by atoms with Crippen LogP contribution in [-0.2, 0) is 6.42 Å². The third kappa shape index (κ3) is 5.07. The maximum atomic E-state index is 6.05. The van der Waals surface area contributed by atoms with Crippen molar-refractivity contribution < 1.29 is 13.9 Å². The van der Waals surface area contributed by atoms with Crippen LogP contribution in [0.5, 0.6) is 11.8 Å². The molecule has 3 aromatic carbocycles. The SMILES string of the molecule is COc1cc(CCOc2nc(Nc3ccc4oc5ccccc5c4c3)nc(N3CCCCC3)n2)ccc1C. The number of nitrogens with one attached hydrogen (secondary N) is 1. The van der Waals surface area contributed by atoms with Gasteiger partial charge in [-0.25, -0.2) is 0 Å². The van der Waals surface area contributed by atoms with Gasteiger partial charge in [0.1, 0.15) is 16.9 Å². The second-order valence-electron chi connectivity index (χ2n) is 9.63. The van der Waals surface area contributed by atoms with Crippen molar-refractivity contribution in [3.8, 4) is 11.8 Å². The van der Waals surface area contributed by atoms with E-state index in [-0.39, 0.29) is 0 Å². The predicted molar refractivity (Wildman–Crippen MR) is 150 cm³/mol. The summed E-state index contributed by atoms with van der Waals surface area (Å²) < 4.78 is 17.5. The van der Waals surface area contributed by atoms with Gasteiger partial charge in [-0.2, -0.15) is 15.0 Å². The maximum absolute atomic E-state index is 6.05. The fraction of sp³-hybridized carbons (Fsp3) is 0.300. The van der Waals surface area contributed by atoms with E-state index in [1.807, 2.05) is 43.3 Å². The molecule has 0 spiro atoms. The molecule has 0 unspecified atom stereocenters. The lowest BCUT2D eigenvalue weighted by Gasteiger charge is -2.26. The minimum atomic E-state index is 0.317. The molecule has 1 aliphatic heterocycles. The molecule has 0 amide bonds. The van der Waals surface area contributed by atoms with Gasteiger partial charge in [0.15, 0.2) is 0 Å². The fourth-order valence-electron chi connectivity index (χ4n) is 4.91. The van der Waals surface area contributed by atoms with Gasteiger partial charge in [-0.1, -0.05) is 30.3 Å². The zero-order valence-electron chi connectivity index (χ0n) is 21.7. The Labute approximate surface area is 221 Å². The van der Waals surface area contributed by atoms with Crippen molar-refractivity contribution in [1.29, 1.82) is 0 Å². The zero-order valence-corrected chi connectivity index (χ0v) is 21.7. The lowest BCUT2D eigenvalue weighted by atomic mass is 10.1. The smallest absolute Gasteiger partial charge is 0.323 e. The van der Waals surface area contributed by atoms with Gasteiger partial charge in [0.05, 0.1) is 13.7 Å². The van der Waals surface area contributed by atoms with Crippen LogP contribution in [-0.4, -0.2) is 41.8 Å². The Morgan fingerprint density at radius 1 is 0.895 bits per heavy atom. The van der Waals surface area contributed by atoms with E-state index in [0.717, 1.165) is 70.4 Å². The maximum Gasteiger partial charge on any atom is 0.323 e. The first-order valence-electron chi connectivity index (χ1n) is 13.1. The molecule has 3 heterocycles.